The fourth-order valence-electron chi connectivity index (χ4n) is 0.956. The van der Waals surface area contributed by atoms with Crippen LogP contribution in [0.2, 0.25) is 0 Å². The monoisotopic (exact) mass is 217 g/mol. The minimum absolute atomic E-state index is 0.0549. The van der Waals surface area contributed by atoms with Gasteiger partial charge in [0.25, 0.3) is 0 Å². The van der Waals surface area contributed by atoms with E-state index in [9.17, 15) is 13.2 Å². The van der Waals surface area contributed by atoms with Crippen molar-refractivity contribution in [3.63, 3.8) is 0 Å². The molecule has 0 saturated heterocycles. The first-order valence-electron chi connectivity index (χ1n) is 3.86. The smallest absolute Gasteiger partial charge is 0.406 e. The van der Waals surface area contributed by atoms with E-state index >= 15 is 0 Å². The summed E-state index contributed by atoms with van der Waals surface area (Å²) in [6, 6.07) is 6.13. The minimum atomic E-state index is -4.78. The van der Waals surface area contributed by atoms with Gasteiger partial charge in [-0.15, -0.1) is 13.2 Å². The summed E-state index contributed by atoms with van der Waals surface area (Å²) in [6.45, 7) is 0. The van der Waals surface area contributed by atoms with Gasteiger partial charge in [0, 0.05) is 0 Å². The first-order chi connectivity index (χ1) is 6.92. The summed E-state index contributed by atoms with van der Waals surface area (Å²) >= 11 is 0. The van der Waals surface area contributed by atoms with Crippen molar-refractivity contribution in [1.29, 1.82) is 5.26 Å². The van der Waals surface area contributed by atoms with Gasteiger partial charge in [-0.05, 0) is 17.7 Å². The largest absolute Gasteiger partial charge is 0.573 e. The van der Waals surface area contributed by atoms with Gasteiger partial charge in [0.1, 0.15) is 5.75 Å². The third-order valence-electron chi connectivity index (χ3n) is 1.53. The Morgan fingerprint density at radius 3 is 2.60 bits per heavy atom. The van der Waals surface area contributed by atoms with Gasteiger partial charge in [0.15, 0.2) is 6.10 Å². The molecule has 1 N–H and O–H groups in total. The van der Waals surface area contributed by atoms with E-state index in [1.807, 2.05) is 0 Å². The molecule has 0 bridgehead atoms. The summed E-state index contributed by atoms with van der Waals surface area (Å²) in [5.41, 5.74) is 0.0549. The van der Waals surface area contributed by atoms with Crippen LogP contribution in [0, 0.1) is 11.3 Å². The van der Waals surface area contributed by atoms with Gasteiger partial charge >= 0.3 is 6.36 Å². The molecule has 0 amide bonds. The normalized spacial score (nSPS) is 13.0. The number of nitrogens with zero attached hydrogens (tertiary/aromatic N) is 1. The molecule has 1 unspecified atom stereocenters. The van der Waals surface area contributed by atoms with Crippen LogP contribution in [-0.4, -0.2) is 11.5 Å². The molecule has 0 spiro atoms. The molecular formula is C9H6F3NO2. The number of rotatable bonds is 2. The summed E-state index contributed by atoms with van der Waals surface area (Å²) in [5.74, 6) is -0.464. The number of alkyl halides is 3. The van der Waals surface area contributed by atoms with Crippen molar-refractivity contribution >= 4 is 0 Å². The third-order valence-corrected chi connectivity index (χ3v) is 1.53. The SMILES string of the molecule is N#CC(O)c1cccc(OC(F)(F)F)c1. The molecule has 0 aliphatic carbocycles. The number of aliphatic hydroxyl groups is 1. The van der Waals surface area contributed by atoms with Crippen LogP contribution in [0.4, 0.5) is 13.2 Å². The molecule has 0 heterocycles. The molecule has 1 rings (SSSR count). The van der Waals surface area contributed by atoms with Crippen LogP contribution in [0.1, 0.15) is 11.7 Å². The van der Waals surface area contributed by atoms with Crippen LogP contribution in [0.3, 0.4) is 0 Å². The number of ether oxygens (including phenoxy) is 1. The third kappa shape index (κ3) is 3.48. The molecule has 0 aliphatic heterocycles. The number of nitriles is 1. The first-order valence-corrected chi connectivity index (χ1v) is 3.86. The van der Waals surface area contributed by atoms with Crippen molar-refractivity contribution in [2.45, 2.75) is 12.5 Å². The molecule has 1 aromatic carbocycles. The molecule has 15 heavy (non-hydrogen) atoms. The quantitative estimate of drug-likeness (QED) is 0.772. The van der Waals surface area contributed by atoms with Crippen LogP contribution in [0.15, 0.2) is 24.3 Å². The van der Waals surface area contributed by atoms with Crippen LogP contribution >= 0.6 is 0 Å². The summed E-state index contributed by atoms with van der Waals surface area (Å²) in [7, 11) is 0. The molecule has 0 aromatic heterocycles. The van der Waals surface area contributed by atoms with Crippen molar-refractivity contribution in [3.8, 4) is 11.8 Å². The fraction of sp³-hybridized carbons (Fsp3) is 0.222. The van der Waals surface area contributed by atoms with Gasteiger partial charge in [-0.3, -0.25) is 0 Å². The standard InChI is InChI=1S/C9H6F3NO2/c10-9(11,12)15-7-3-1-2-6(4-7)8(14)5-13/h1-4,8,14H. The highest BCUT2D eigenvalue weighted by Gasteiger charge is 2.31. The van der Waals surface area contributed by atoms with E-state index in [2.05, 4.69) is 4.74 Å². The predicted octanol–water partition coefficient (Wildman–Crippen LogP) is 2.14. The Morgan fingerprint density at radius 1 is 1.40 bits per heavy atom. The average Bonchev–Trinajstić information content (AvgIpc) is 2.14. The Balaban J connectivity index is 2.89. The van der Waals surface area contributed by atoms with Crippen molar-refractivity contribution in [3.05, 3.63) is 29.8 Å². The highest BCUT2D eigenvalue weighted by Crippen LogP contribution is 2.25. The number of halogens is 3. The van der Waals surface area contributed by atoms with Crippen molar-refractivity contribution < 1.29 is 23.0 Å². The number of hydrogen-bond donors (Lipinski definition) is 1. The Bertz CT molecular complexity index is 384. The number of aliphatic hydroxyl groups excluding tert-OH is 1. The second-order valence-corrected chi connectivity index (χ2v) is 2.65. The van der Waals surface area contributed by atoms with E-state index in [1.165, 1.54) is 18.2 Å². The molecule has 3 nitrogen and oxygen atoms in total. The van der Waals surface area contributed by atoms with Crippen LogP contribution < -0.4 is 4.74 Å². The van der Waals surface area contributed by atoms with Crippen LogP contribution in [0.5, 0.6) is 5.75 Å². The highest BCUT2D eigenvalue weighted by molar-refractivity contribution is 5.31. The Kier molecular flexibility index (Phi) is 3.17. The lowest BCUT2D eigenvalue weighted by molar-refractivity contribution is -0.274. The molecule has 0 fully saturated rings. The zero-order valence-corrected chi connectivity index (χ0v) is 7.32. The van der Waals surface area contributed by atoms with Crippen LogP contribution in [0.25, 0.3) is 0 Å². The Hall–Kier alpha value is -1.74. The molecular weight excluding hydrogens is 211 g/mol. The predicted molar refractivity (Wildman–Crippen MR) is 43.7 cm³/mol. The molecule has 0 saturated carbocycles. The maximum absolute atomic E-state index is 11.8. The molecule has 0 aliphatic rings. The Morgan fingerprint density at radius 2 is 2.07 bits per heavy atom. The van der Waals surface area contributed by atoms with Gasteiger partial charge in [-0.25, -0.2) is 0 Å². The van der Waals surface area contributed by atoms with Gasteiger partial charge < -0.3 is 9.84 Å². The second-order valence-electron chi connectivity index (χ2n) is 2.65. The topological polar surface area (TPSA) is 53.2 Å². The maximum Gasteiger partial charge on any atom is 0.573 e. The van der Waals surface area contributed by atoms with E-state index in [1.54, 1.807) is 0 Å². The zero-order valence-electron chi connectivity index (χ0n) is 7.32. The summed E-state index contributed by atoms with van der Waals surface area (Å²) in [4.78, 5) is 0. The lowest BCUT2D eigenvalue weighted by Crippen LogP contribution is -2.17. The second kappa shape index (κ2) is 4.19. The number of benzene rings is 1. The Labute approximate surface area is 83.3 Å². The van der Waals surface area contributed by atoms with Gasteiger partial charge in [-0.2, -0.15) is 5.26 Å². The number of hydrogen-bond acceptors (Lipinski definition) is 3. The lowest BCUT2D eigenvalue weighted by atomic mass is 10.1. The summed E-state index contributed by atoms with van der Waals surface area (Å²) in [6.07, 6.45) is -6.24. The lowest BCUT2D eigenvalue weighted by Gasteiger charge is -2.10. The maximum atomic E-state index is 11.8. The van der Waals surface area contributed by atoms with E-state index in [0.717, 1.165) is 12.1 Å². The van der Waals surface area contributed by atoms with E-state index < -0.39 is 18.2 Å². The molecule has 80 valence electrons. The van der Waals surface area contributed by atoms with E-state index in [4.69, 9.17) is 10.4 Å². The zero-order chi connectivity index (χ0) is 11.5. The van der Waals surface area contributed by atoms with Gasteiger partial charge in [0.2, 0.25) is 0 Å². The van der Waals surface area contributed by atoms with Gasteiger partial charge in [0.05, 0.1) is 6.07 Å². The van der Waals surface area contributed by atoms with Crippen molar-refractivity contribution in [2.24, 2.45) is 0 Å². The highest BCUT2D eigenvalue weighted by atomic mass is 19.4. The molecule has 1 aromatic rings. The minimum Gasteiger partial charge on any atom is -0.406 e. The first kappa shape index (κ1) is 11.3. The van der Waals surface area contributed by atoms with Crippen LogP contribution in [-0.2, 0) is 0 Å². The van der Waals surface area contributed by atoms with E-state index in [0.29, 0.717) is 0 Å². The molecule has 6 heteroatoms. The average molecular weight is 217 g/mol. The molecule has 0 radical (unpaired) electrons. The molecule has 1 atom stereocenters. The summed E-state index contributed by atoms with van der Waals surface area (Å²) in [5, 5.41) is 17.4. The van der Waals surface area contributed by atoms with Crippen molar-refractivity contribution in [1.82, 2.24) is 0 Å². The summed E-state index contributed by atoms with van der Waals surface area (Å²) < 4.78 is 39.0. The van der Waals surface area contributed by atoms with Crippen molar-refractivity contribution in [2.75, 3.05) is 0 Å². The fourth-order valence-corrected chi connectivity index (χ4v) is 0.956. The van der Waals surface area contributed by atoms with Gasteiger partial charge in [-0.1, -0.05) is 12.1 Å². The van der Waals surface area contributed by atoms with E-state index in [-0.39, 0.29) is 5.56 Å².